The normalized spacial score (nSPS) is 19.2. The van der Waals surface area contributed by atoms with E-state index in [0.29, 0.717) is 12.8 Å². The van der Waals surface area contributed by atoms with Crippen molar-refractivity contribution in [1.82, 2.24) is 9.80 Å². The highest BCUT2D eigenvalue weighted by Crippen LogP contribution is 2.44. The zero-order chi connectivity index (χ0) is 31.4. The number of amides is 1. The Morgan fingerprint density at radius 2 is 1.41 bits per heavy atom. The van der Waals surface area contributed by atoms with Crippen molar-refractivity contribution in [1.29, 1.82) is 0 Å². The largest absolute Gasteiger partial charge is 0.444 e. The van der Waals surface area contributed by atoms with Gasteiger partial charge in [-0.05, 0) is 95.9 Å². The number of allylic oxidation sites excluding steroid dienone is 3. The Labute approximate surface area is 249 Å². The summed E-state index contributed by atoms with van der Waals surface area (Å²) in [6, 6.07) is 6.49. The van der Waals surface area contributed by atoms with Crippen LogP contribution in [-0.2, 0) is 4.74 Å². The van der Waals surface area contributed by atoms with E-state index >= 15 is 0 Å². The number of rotatable bonds is 4. The summed E-state index contributed by atoms with van der Waals surface area (Å²) in [5.74, 6) is 1.73. The fourth-order valence-electron chi connectivity index (χ4n) is 4.72. The van der Waals surface area contributed by atoms with Crippen molar-refractivity contribution < 1.29 is 23.0 Å². The topological polar surface area (TPSA) is 42.0 Å². The molecule has 1 aliphatic heterocycles. The van der Waals surface area contributed by atoms with Crippen molar-refractivity contribution in [3.8, 4) is 5.75 Å². The molecule has 41 heavy (non-hydrogen) atoms. The molecule has 2 aliphatic carbocycles. The van der Waals surface area contributed by atoms with Crippen LogP contribution in [0.15, 0.2) is 47.2 Å². The van der Waals surface area contributed by atoms with Crippen molar-refractivity contribution in [3.05, 3.63) is 52.7 Å². The van der Waals surface area contributed by atoms with Crippen LogP contribution in [0, 0.1) is 18.8 Å². The molecule has 0 bridgehead atoms. The molecule has 7 heteroatoms. The predicted molar refractivity (Wildman–Crippen MR) is 166 cm³/mol. The van der Waals surface area contributed by atoms with E-state index in [0.717, 1.165) is 37.7 Å². The Hall–Kier alpha value is -2.57. The number of alkyl halides is 2. The van der Waals surface area contributed by atoms with Crippen LogP contribution < -0.4 is 4.74 Å². The molecule has 1 saturated carbocycles. The first-order valence-corrected chi connectivity index (χ1v) is 15.5. The molecule has 1 amide bonds. The Morgan fingerprint density at radius 3 is 1.88 bits per heavy atom. The van der Waals surface area contributed by atoms with Gasteiger partial charge >= 0.3 is 12.2 Å². The fraction of sp³-hybridized carbons (Fsp3) is 0.676. The molecule has 0 radical (unpaired) electrons. The summed E-state index contributed by atoms with van der Waals surface area (Å²) in [4.78, 5) is 16.6. The average Bonchev–Trinajstić information content (AvgIpc) is 3.76. The van der Waals surface area contributed by atoms with E-state index in [9.17, 15) is 13.6 Å². The lowest BCUT2D eigenvalue weighted by atomic mass is 9.93. The maximum atomic E-state index is 12.3. The van der Waals surface area contributed by atoms with Gasteiger partial charge in [-0.1, -0.05) is 57.9 Å². The average molecular weight is 579 g/mol. The smallest absolute Gasteiger partial charge is 0.410 e. The minimum Gasteiger partial charge on any atom is -0.444 e. The lowest BCUT2D eigenvalue weighted by Gasteiger charge is -2.38. The highest BCUT2D eigenvalue weighted by atomic mass is 19.3. The van der Waals surface area contributed by atoms with Gasteiger partial charge in [-0.3, -0.25) is 0 Å². The first-order valence-electron chi connectivity index (χ1n) is 15.5. The first-order chi connectivity index (χ1) is 19.2. The van der Waals surface area contributed by atoms with Gasteiger partial charge in [-0.25, -0.2) is 4.79 Å². The molecule has 1 heterocycles. The van der Waals surface area contributed by atoms with Crippen LogP contribution in [0.2, 0.25) is 0 Å². The number of nitrogens with zero attached hydrogens (tertiary/aromatic N) is 2. The van der Waals surface area contributed by atoms with E-state index < -0.39 is 11.7 Å². The first kappa shape index (κ1) is 36.5. The number of aryl methyl sites for hydroxylation is 1. The molecule has 4 rings (SSSR count). The molecule has 1 unspecified atom stereocenters. The number of halogens is 2. The Balaban J connectivity index is 0.000000441. The van der Waals surface area contributed by atoms with E-state index in [1.807, 2.05) is 60.3 Å². The van der Waals surface area contributed by atoms with Gasteiger partial charge in [0.05, 0.1) is 0 Å². The summed E-state index contributed by atoms with van der Waals surface area (Å²) in [7, 11) is 0. The molecule has 234 valence electrons. The van der Waals surface area contributed by atoms with Crippen LogP contribution in [-0.4, -0.2) is 53.8 Å². The molecular formula is C34H56F2N2O3. The molecule has 1 saturated heterocycles. The Morgan fingerprint density at radius 1 is 0.878 bits per heavy atom. The van der Waals surface area contributed by atoms with Crippen molar-refractivity contribution in [2.24, 2.45) is 11.8 Å². The lowest BCUT2D eigenvalue weighted by Crippen LogP contribution is -2.49. The Bertz CT molecular complexity index is 979. The predicted octanol–water partition coefficient (Wildman–Crippen LogP) is 9.62. The van der Waals surface area contributed by atoms with E-state index in [1.165, 1.54) is 49.1 Å². The van der Waals surface area contributed by atoms with E-state index in [1.54, 1.807) is 17.7 Å². The van der Waals surface area contributed by atoms with Crippen molar-refractivity contribution >= 4 is 6.09 Å². The maximum Gasteiger partial charge on any atom is 0.410 e. The second-order valence-electron chi connectivity index (χ2n) is 11.7. The molecule has 5 nitrogen and oxygen atoms in total. The zero-order valence-corrected chi connectivity index (χ0v) is 27.6. The van der Waals surface area contributed by atoms with Crippen LogP contribution in [0.4, 0.5) is 13.6 Å². The number of hydrogen-bond acceptors (Lipinski definition) is 4. The van der Waals surface area contributed by atoms with Gasteiger partial charge < -0.3 is 19.3 Å². The van der Waals surface area contributed by atoms with Crippen LogP contribution in [0.5, 0.6) is 5.75 Å². The quantitative estimate of drug-likeness (QED) is 0.357. The summed E-state index contributed by atoms with van der Waals surface area (Å²) in [5, 5.41) is 0. The molecule has 1 atom stereocenters. The third-order valence-electron chi connectivity index (χ3n) is 6.90. The minimum atomic E-state index is -3.10. The molecule has 0 N–H and O–H groups in total. The molecule has 1 aromatic carbocycles. The molecular weight excluding hydrogens is 522 g/mol. The van der Waals surface area contributed by atoms with Crippen LogP contribution >= 0.6 is 0 Å². The molecule has 0 spiro atoms. The highest BCUT2D eigenvalue weighted by molar-refractivity contribution is 5.68. The molecule has 1 aromatic rings. The van der Waals surface area contributed by atoms with Gasteiger partial charge in [0.15, 0.2) is 0 Å². The summed E-state index contributed by atoms with van der Waals surface area (Å²) in [6.07, 6.45) is 4.42. The molecule has 2 fully saturated rings. The van der Waals surface area contributed by atoms with Crippen LogP contribution in [0.1, 0.15) is 100 Å². The van der Waals surface area contributed by atoms with Gasteiger partial charge in [0.1, 0.15) is 11.4 Å². The van der Waals surface area contributed by atoms with Crippen molar-refractivity contribution in [3.63, 3.8) is 0 Å². The number of carbonyl (C=O) groups excluding carboxylic acids is 1. The number of carbonyl (C=O) groups is 1. The maximum absolute atomic E-state index is 12.3. The number of ether oxygens (including phenoxy) is 2. The molecule has 0 aromatic heterocycles. The SMILES string of the molecule is CC.CC.CC1=C(N2CCN(C(=O)OC(C)(C)C)CC2)C=C(C2CC2)C(C)CC1.Cc1ccc(OC(C)(F)F)cc1. The number of benzene rings is 1. The number of piperazine rings is 1. The van der Waals surface area contributed by atoms with Gasteiger partial charge in [-0.2, -0.15) is 8.78 Å². The second-order valence-corrected chi connectivity index (χ2v) is 11.7. The van der Waals surface area contributed by atoms with Gasteiger partial charge in [0.2, 0.25) is 0 Å². The van der Waals surface area contributed by atoms with Gasteiger partial charge in [-0.15, -0.1) is 0 Å². The fourth-order valence-corrected chi connectivity index (χ4v) is 4.72. The van der Waals surface area contributed by atoms with E-state index in [4.69, 9.17) is 4.74 Å². The van der Waals surface area contributed by atoms with Gasteiger partial charge in [0, 0.05) is 38.8 Å². The zero-order valence-electron chi connectivity index (χ0n) is 27.6. The molecule has 3 aliphatic rings. The van der Waals surface area contributed by atoms with Crippen molar-refractivity contribution in [2.45, 2.75) is 114 Å². The minimum absolute atomic E-state index is 0.179. The highest BCUT2D eigenvalue weighted by Gasteiger charge is 2.32. The Kier molecular flexibility index (Phi) is 14.9. The van der Waals surface area contributed by atoms with Gasteiger partial charge in [0.25, 0.3) is 0 Å². The lowest BCUT2D eigenvalue weighted by molar-refractivity contribution is -0.158. The monoisotopic (exact) mass is 578 g/mol. The number of hydrogen-bond donors (Lipinski definition) is 0. The summed E-state index contributed by atoms with van der Waals surface area (Å²) in [6.45, 7) is 24.3. The summed E-state index contributed by atoms with van der Waals surface area (Å²) in [5.41, 5.74) is 5.19. The van der Waals surface area contributed by atoms with E-state index in [-0.39, 0.29) is 11.8 Å². The van der Waals surface area contributed by atoms with Crippen LogP contribution in [0.25, 0.3) is 0 Å². The summed E-state index contributed by atoms with van der Waals surface area (Å²) < 4.78 is 34.4. The standard InChI is InChI=1S/C21H34N2O2.C9H10F2O.2C2H6/c1-15-6-7-16(2)19(14-18(15)17-8-9-17)22-10-12-23(13-11-22)20(24)25-21(3,4)5;1-7-3-5-8(6-4-7)12-9(2,10)11;2*1-2/h14-15,17H,6-13H2,1-5H3;3-6H,1-2H3;2*1-2H3. The van der Waals surface area contributed by atoms with Crippen LogP contribution in [0.3, 0.4) is 0 Å². The third kappa shape index (κ3) is 13.3. The van der Waals surface area contributed by atoms with E-state index in [2.05, 4.69) is 29.6 Å². The van der Waals surface area contributed by atoms with Crippen molar-refractivity contribution in [2.75, 3.05) is 26.2 Å². The second kappa shape index (κ2) is 16.8. The third-order valence-corrected chi connectivity index (χ3v) is 6.90. The summed E-state index contributed by atoms with van der Waals surface area (Å²) >= 11 is 0.